The van der Waals surface area contributed by atoms with Crippen molar-refractivity contribution in [3.05, 3.63) is 35.4 Å². The SMILES string of the molecule is CCCCC(OC(=O)NC1CC1)C(O)c1ccccc1C. The fraction of sp³-hybridized carbons (Fsp3) is 0.588. The molecule has 1 saturated carbocycles. The van der Waals surface area contributed by atoms with Crippen molar-refractivity contribution in [2.24, 2.45) is 0 Å². The van der Waals surface area contributed by atoms with E-state index in [-0.39, 0.29) is 6.04 Å². The molecule has 1 aromatic carbocycles. The van der Waals surface area contributed by atoms with E-state index >= 15 is 0 Å². The Morgan fingerprint density at radius 3 is 2.76 bits per heavy atom. The van der Waals surface area contributed by atoms with E-state index in [9.17, 15) is 9.90 Å². The number of aliphatic hydroxyl groups is 1. The second-order valence-corrected chi connectivity index (χ2v) is 5.81. The van der Waals surface area contributed by atoms with E-state index in [0.717, 1.165) is 36.8 Å². The third kappa shape index (κ3) is 4.74. The molecule has 1 aliphatic rings. The van der Waals surface area contributed by atoms with E-state index in [2.05, 4.69) is 12.2 Å². The maximum Gasteiger partial charge on any atom is 0.407 e. The van der Waals surface area contributed by atoms with Crippen LogP contribution in [-0.2, 0) is 4.74 Å². The van der Waals surface area contributed by atoms with Gasteiger partial charge >= 0.3 is 6.09 Å². The van der Waals surface area contributed by atoms with Crippen molar-refractivity contribution in [2.45, 2.75) is 64.2 Å². The summed E-state index contributed by atoms with van der Waals surface area (Å²) in [6.07, 6.45) is 2.96. The summed E-state index contributed by atoms with van der Waals surface area (Å²) in [5.41, 5.74) is 1.84. The van der Waals surface area contributed by atoms with Crippen LogP contribution >= 0.6 is 0 Å². The molecule has 0 aliphatic heterocycles. The fourth-order valence-corrected chi connectivity index (χ4v) is 2.37. The molecule has 2 N–H and O–H groups in total. The lowest BCUT2D eigenvalue weighted by molar-refractivity contribution is -0.00431. The highest BCUT2D eigenvalue weighted by Gasteiger charge is 2.29. The zero-order valence-corrected chi connectivity index (χ0v) is 12.8. The second-order valence-electron chi connectivity index (χ2n) is 5.81. The predicted octanol–water partition coefficient (Wildman–Crippen LogP) is 3.48. The molecule has 2 atom stereocenters. The van der Waals surface area contributed by atoms with Crippen molar-refractivity contribution in [3.8, 4) is 0 Å². The van der Waals surface area contributed by atoms with Crippen LogP contribution in [0.5, 0.6) is 0 Å². The molecule has 4 heteroatoms. The number of nitrogens with one attached hydrogen (secondary N) is 1. The molecular weight excluding hydrogens is 266 g/mol. The van der Waals surface area contributed by atoms with Gasteiger partial charge in [0.25, 0.3) is 0 Å². The Balaban J connectivity index is 2.02. The van der Waals surface area contributed by atoms with Gasteiger partial charge in [-0.3, -0.25) is 0 Å². The molecule has 21 heavy (non-hydrogen) atoms. The molecule has 0 spiro atoms. The number of carbonyl (C=O) groups is 1. The molecule has 0 bridgehead atoms. The minimum atomic E-state index is -0.775. The van der Waals surface area contributed by atoms with E-state index in [1.54, 1.807) is 0 Å². The maximum atomic E-state index is 11.8. The van der Waals surface area contributed by atoms with Gasteiger partial charge in [-0.2, -0.15) is 0 Å². The summed E-state index contributed by atoms with van der Waals surface area (Å²) >= 11 is 0. The first-order valence-electron chi connectivity index (χ1n) is 7.82. The van der Waals surface area contributed by atoms with Crippen molar-refractivity contribution in [2.75, 3.05) is 0 Å². The quantitative estimate of drug-likeness (QED) is 0.808. The number of ether oxygens (including phenoxy) is 1. The number of benzene rings is 1. The van der Waals surface area contributed by atoms with Crippen LogP contribution in [0.25, 0.3) is 0 Å². The van der Waals surface area contributed by atoms with Crippen molar-refractivity contribution in [1.29, 1.82) is 0 Å². The first-order chi connectivity index (χ1) is 10.1. The number of hydrogen-bond donors (Lipinski definition) is 2. The summed E-state index contributed by atoms with van der Waals surface area (Å²) in [6.45, 7) is 4.04. The minimum Gasteiger partial charge on any atom is -0.443 e. The van der Waals surface area contributed by atoms with Crippen LogP contribution in [-0.4, -0.2) is 23.3 Å². The molecule has 1 fully saturated rings. The van der Waals surface area contributed by atoms with E-state index in [0.29, 0.717) is 6.42 Å². The first-order valence-corrected chi connectivity index (χ1v) is 7.82. The van der Waals surface area contributed by atoms with Gasteiger partial charge in [-0.15, -0.1) is 0 Å². The molecule has 116 valence electrons. The zero-order chi connectivity index (χ0) is 15.2. The first kappa shape index (κ1) is 15.8. The lowest BCUT2D eigenvalue weighted by atomic mass is 9.96. The average molecular weight is 291 g/mol. The van der Waals surface area contributed by atoms with E-state index in [1.807, 2.05) is 31.2 Å². The standard InChI is InChI=1S/C17H25NO3/c1-3-4-9-15(21-17(20)18-13-10-11-13)16(19)14-8-6-5-7-12(14)2/h5-8,13,15-16,19H,3-4,9-11H2,1-2H3,(H,18,20). The second kappa shape index (κ2) is 7.46. The maximum absolute atomic E-state index is 11.8. The van der Waals surface area contributed by atoms with Gasteiger partial charge in [0, 0.05) is 6.04 Å². The fourth-order valence-electron chi connectivity index (χ4n) is 2.37. The third-order valence-corrected chi connectivity index (χ3v) is 3.86. The molecule has 0 saturated heterocycles. The van der Waals surface area contributed by atoms with E-state index < -0.39 is 18.3 Å². The molecule has 0 aromatic heterocycles. The average Bonchev–Trinajstić information content (AvgIpc) is 3.27. The van der Waals surface area contributed by atoms with Gasteiger partial charge in [-0.25, -0.2) is 4.79 Å². The molecule has 0 radical (unpaired) electrons. The van der Waals surface area contributed by atoms with Crippen molar-refractivity contribution in [3.63, 3.8) is 0 Å². The highest BCUT2D eigenvalue weighted by molar-refractivity contribution is 5.68. The van der Waals surface area contributed by atoms with Gasteiger partial charge in [0.15, 0.2) is 0 Å². The Kier molecular flexibility index (Phi) is 5.62. The lowest BCUT2D eigenvalue weighted by Crippen LogP contribution is -2.33. The van der Waals surface area contributed by atoms with Crippen molar-refractivity contribution < 1.29 is 14.6 Å². The van der Waals surface area contributed by atoms with Crippen molar-refractivity contribution in [1.82, 2.24) is 5.32 Å². The van der Waals surface area contributed by atoms with Gasteiger partial charge in [0.05, 0.1) is 0 Å². The number of hydrogen-bond acceptors (Lipinski definition) is 3. The monoisotopic (exact) mass is 291 g/mol. The molecular formula is C17H25NO3. The number of alkyl carbamates (subject to hydrolysis) is 1. The van der Waals surface area contributed by atoms with E-state index in [1.165, 1.54) is 0 Å². The van der Waals surface area contributed by atoms with Crippen LogP contribution in [0, 0.1) is 6.92 Å². The van der Waals surface area contributed by atoms with Gasteiger partial charge in [-0.1, -0.05) is 37.6 Å². The molecule has 0 heterocycles. The zero-order valence-electron chi connectivity index (χ0n) is 12.8. The number of rotatable bonds is 7. The summed E-state index contributed by atoms with van der Waals surface area (Å²) in [5.74, 6) is 0. The topological polar surface area (TPSA) is 58.6 Å². The summed E-state index contributed by atoms with van der Waals surface area (Å²) in [7, 11) is 0. The molecule has 1 aromatic rings. The Labute approximate surface area is 126 Å². The summed E-state index contributed by atoms with van der Waals surface area (Å²) in [6, 6.07) is 7.95. The normalized spacial score (nSPS) is 17.1. The number of aryl methyl sites for hydroxylation is 1. The van der Waals surface area contributed by atoms with Gasteiger partial charge in [0.2, 0.25) is 0 Å². The number of carbonyl (C=O) groups excluding carboxylic acids is 1. The molecule has 1 aliphatic carbocycles. The summed E-state index contributed by atoms with van der Waals surface area (Å²) in [5, 5.41) is 13.4. The van der Waals surface area contributed by atoms with Gasteiger partial charge < -0.3 is 15.2 Å². The van der Waals surface area contributed by atoms with Gasteiger partial charge in [-0.05, 0) is 43.7 Å². The molecule has 2 rings (SSSR count). The van der Waals surface area contributed by atoms with Crippen LogP contribution in [0.3, 0.4) is 0 Å². The Morgan fingerprint density at radius 1 is 1.43 bits per heavy atom. The van der Waals surface area contributed by atoms with Crippen molar-refractivity contribution >= 4 is 6.09 Å². The van der Waals surface area contributed by atoms with Crippen LogP contribution in [0.2, 0.25) is 0 Å². The molecule has 1 amide bonds. The van der Waals surface area contributed by atoms with E-state index in [4.69, 9.17) is 4.74 Å². The number of amides is 1. The third-order valence-electron chi connectivity index (χ3n) is 3.86. The molecule has 4 nitrogen and oxygen atoms in total. The predicted molar refractivity (Wildman–Crippen MR) is 82.1 cm³/mol. The highest BCUT2D eigenvalue weighted by Crippen LogP contribution is 2.26. The highest BCUT2D eigenvalue weighted by atomic mass is 16.6. The Hall–Kier alpha value is -1.55. The van der Waals surface area contributed by atoms with Crippen LogP contribution in [0.1, 0.15) is 56.3 Å². The lowest BCUT2D eigenvalue weighted by Gasteiger charge is -2.24. The van der Waals surface area contributed by atoms with Crippen LogP contribution in [0.4, 0.5) is 4.79 Å². The smallest absolute Gasteiger partial charge is 0.407 e. The summed E-state index contributed by atoms with van der Waals surface area (Å²) < 4.78 is 5.47. The van der Waals surface area contributed by atoms with Crippen LogP contribution < -0.4 is 5.32 Å². The minimum absolute atomic E-state index is 0.264. The number of aliphatic hydroxyl groups excluding tert-OH is 1. The van der Waals surface area contributed by atoms with Crippen LogP contribution in [0.15, 0.2) is 24.3 Å². The Bertz CT molecular complexity index is 471. The summed E-state index contributed by atoms with van der Waals surface area (Å²) in [4.78, 5) is 11.8. The largest absolute Gasteiger partial charge is 0.443 e. The number of unbranched alkanes of at least 4 members (excludes halogenated alkanes) is 1. The molecule has 2 unspecified atom stereocenters. The Morgan fingerprint density at radius 2 is 2.14 bits per heavy atom. The van der Waals surface area contributed by atoms with Gasteiger partial charge in [0.1, 0.15) is 12.2 Å².